The molecule has 0 fully saturated rings. The Morgan fingerprint density at radius 3 is 2.42 bits per heavy atom. The number of carbonyl (C=O) groups excluding carboxylic acids is 2. The highest BCUT2D eigenvalue weighted by molar-refractivity contribution is 6.33. The van der Waals surface area contributed by atoms with Gasteiger partial charge in [0.25, 0.3) is 0 Å². The molecule has 5 nitrogen and oxygen atoms in total. The predicted octanol–water partition coefficient (Wildman–Crippen LogP) is 3.04. The Morgan fingerprint density at radius 1 is 1.04 bits per heavy atom. The summed E-state index contributed by atoms with van der Waals surface area (Å²) in [4.78, 5) is 23.6. The summed E-state index contributed by atoms with van der Waals surface area (Å²) >= 11 is 5.95. The van der Waals surface area contributed by atoms with Crippen LogP contribution in [0.2, 0.25) is 5.02 Å². The number of amides is 2. The van der Waals surface area contributed by atoms with Crippen molar-refractivity contribution in [3.05, 3.63) is 59.1 Å². The van der Waals surface area contributed by atoms with Gasteiger partial charge in [-0.3, -0.25) is 9.59 Å². The monoisotopic (exact) mass is 346 g/mol. The number of halogens is 1. The molecule has 2 rings (SSSR count). The number of benzene rings is 2. The van der Waals surface area contributed by atoms with Crippen LogP contribution in [-0.2, 0) is 16.0 Å². The standard InChI is InChI=1S/C18H19ClN2O3/c1-24-14-8-6-13(7-9-14)10-11-20-17(22)12-18(23)21-16-5-3-2-4-15(16)19/h2-9H,10-12H2,1H3,(H,20,22)(H,21,23). The lowest BCUT2D eigenvalue weighted by Crippen LogP contribution is -2.29. The van der Waals surface area contributed by atoms with E-state index in [9.17, 15) is 9.59 Å². The Bertz CT molecular complexity index is 702. The highest BCUT2D eigenvalue weighted by atomic mass is 35.5. The second-order valence-electron chi connectivity index (χ2n) is 5.15. The number of nitrogens with one attached hydrogen (secondary N) is 2. The fraction of sp³-hybridized carbons (Fsp3) is 0.222. The number of methoxy groups -OCH3 is 1. The van der Waals surface area contributed by atoms with Gasteiger partial charge in [-0.05, 0) is 36.2 Å². The molecular formula is C18H19ClN2O3. The highest BCUT2D eigenvalue weighted by Crippen LogP contribution is 2.20. The van der Waals surface area contributed by atoms with Gasteiger partial charge < -0.3 is 15.4 Å². The van der Waals surface area contributed by atoms with Crippen molar-refractivity contribution >= 4 is 29.1 Å². The van der Waals surface area contributed by atoms with Gasteiger partial charge in [0, 0.05) is 6.54 Å². The second kappa shape index (κ2) is 8.93. The molecule has 0 saturated carbocycles. The Balaban J connectivity index is 1.72. The first-order valence-electron chi connectivity index (χ1n) is 7.52. The highest BCUT2D eigenvalue weighted by Gasteiger charge is 2.10. The maximum Gasteiger partial charge on any atom is 0.233 e. The molecule has 2 aromatic carbocycles. The Morgan fingerprint density at radius 2 is 1.75 bits per heavy atom. The molecule has 0 saturated heterocycles. The molecule has 2 amide bonds. The van der Waals surface area contributed by atoms with Crippen LogP contribution in [0.1, 0.15) is 12.0 Å². The summed E-state index contributed by atoms with van der Waals surface area (Å²) in [7, 11) is 1.61. The quantitative estimate of drug-likeness (QED) is 0.757. The zero-order valence-corrected chi connectivity index (χ0v) is 14.1. The predicted molar refractivity (Wildman–Crippen MR) is 94.4 cm³/mol. The third-order valence-electron chi connectivity index (χ3n) is 3.36. The lowest BCUT2D eigenvalue weighted by atomic mass is 10.1. The molecular weight excluding hydrogens is 328 g/mol. The number of anilines is 1. The smallest absolute Gasteiger partial charge is 0.233 e. The molecule has 126 valence electrons. The van der Waals surface area contributed by atoms with Gasteiger partial charge in [-0.25, -0.2) is 0 Å². The van der Waals surface area contributed by atoms with E-state index in [1.54, 1.807) is 31.4 Å². The largest absolute Gasteiger partial charge is 0.497 e. The summed E-state index contributed by atoms with van der Waals surface area (Å²) in [6, 6.07) is 14.5. The molecule has 0 aromatic heterocycles. The molecule has 0 atom stereocenters. The van der Waals surface area contributed by atoms with Crippen molar-refractivity contribution in [3.8, 4) is 5.75 Å². The van der Waals surface area contributed by atoms with Gasteiger partial charge in [0.05, 0.1) is 17.8 Å². The van der Waals surface area contributed by atoms with Gasteiger partial charge in [-0.15, -0.1) is 0 Å². The third-order valence-corrected chi connectivity index (χ3v) is 3.69. The molecule has 24 heavy (non-hydrogen) atoms. The van der Waals surface area contributed by atoms with E-state index < -0.39 is 5.91 Å². The first-order chi connectivity index (χ1) is 11.6. The molecule has 2 aromatic rings. The average molecular weight is 347 g/mol. The summed E-state index contributed by atoms with van der Waals surface area (Å²) in [6.07, 6.45) is 0.440. The van der Waals surface area contributed by atoms with Crippen molar-refractivity contribution in [2.75, 3.05) is 19.0 Å². The minimum absolute atomic E-state index is 0.242. The van der Waals surface area contributed by atoms with Gasteiger partial charge >= 0.3 is 0 Å². The molecule has 0 unspecified atom stereocenters. The molecule has 0 aliphatic carbocycles. The number of hydrogen-bond donors (Lipinski definition) is 2. The molecule has 2 N–H and O–H groups in total. The Labute approximate surface area is 146 Å². The van der Waals surface area contributed by atoms with Crippen molar-refractivity contribution in [1.29, 1.82) is 0 Å². The zero-order valence-electron chi connectivity index (χ0n) is 13.3. The van der Waals surface area contributed by atoms with Gasteiger partial charge in [0.2, 0.25) is 11.8 Å². The van der Waals surface area contributed by atoms with Crippen LogP contribution in [0.3, 0.4) is 0 Å². The molecule has 6 heteroatoms. The van der Waals surface area contributed by atoms with Crippen LogP contribution < -0.4 is 15.4 Å². The van der Waals surface area contributed by atoms with Crippen molar-refractivity contribution in [3.63, 3.8) is 0 Å². The van der Waals surface area contributed by atoms with Crippen LogP contribution in [0.15, 0.2) is 48.5 Å². The van der Waals surface area contributed by atoms with E-state index in [1.807, 2.05) is 24.3 Å². The summed E-state index contributed by atoms with van der Waals surface area (Å²) in [5, 5.41) is 5.78. The van der Waals surface area contributed by atoms with Gasteiger partial charge in [0.1, 0.15) is 12.2 Å². The van der Waals surface area contributed by atoms with Gasteiger partial charge in [0.15, 0.2) is 0 Å². The summed E-state index contributed by atoms with van der Waals surface area (Å²) < 4.78 is 5.09. The average Bonchev–Trinajstić information content (AvgIpc) is 2.57. The van der Waals surface area contributed by atoms with Crippen LogP contribution in [0.4, 0.5) is 5.69 Å². The fourth-order valence-corrected chi connectivity index (χ4v) is 2.29. The van der Waals surface area contributed by atoms with Crippen LogP contribution in [-0.4, -0.2) is 25.5 Å². The van der Waals surface area contributed by atoms with E-state index in [0.29, 0.717) is 23.7 Å². The second-order valence-corrected chi connectivity index (χ2v) is 5.56. The van der Waals surface area contributed by atoms with E-state index in [0.717, 1.165) is 11.3 Å². The third kappa shape index (κ3) is 5.59. The lowest BCUT2D eigenvalue weighted by Gasteiger charge is -2.08. The lowest BCUT2D eigenvalue weighted by molar-refractivity contribution is -0.126. The Kier molecular flexibility index (Phi) is 6.63. The van der Waals surface area contributed by atoms with Crippen molar-refractivity contribution in [2.24, 2.45) is 0 Å². The molecule has 0 aliphatic heterocycles. The minimum Gasteiger partial charge on any atom is -0.497 e. The normalized spacial score (nSPS) is 10.1. The number of para-hydroxylation sites is 1. The molecule has 0 bridgehead atoms. The molecule has 0 spiro atoms. The van der Waals surface area contributed by atoms with E-state index in [1.165, 1.54) is 0 Å². The fourth-order valence-electron chi connectivity index (χ4n) is 2.10. The van der Waals surface area contributed by atoms with E-state index in [4.69, 9.17) is 16.3 Å². The Hall–Kier alpha value is -2.53. The minimum atomic E-state index is -0.398. The first kappa shape index (κ1) is 17.8. The van der Waals surface area contributed by atoms with Crippen LogP contribution in [0.25, 0.3) is 0 Å². The number of ether oxygens (including phenoxy) is 1. The van der Waals surface area contributed by atoms with Crippen molar-refractivity contribution in [1.82, 2.24) is 5.32 Å². The summed E-state index contributed by atoms with van der Waals surface area (Å²) in [6.45, 7) is 0.463. The first-order valence-corrected chi connectivity index (χ1v) is 7.90. The van der Waals surface area contributed by atoms with Crippen molar-refractivity contribution in [2.45, 2.75) is 12.8 Å². The zero-order chi connectivity index (χ0) is 17.4. The van der Waals surface area contributed by atoms with E-state index >= 15 is 0 Å². The topological polar surface area (TPSA) is 67.4 Å². The maximum atomic E-state index is 11.8. The van der Waals surface area contributed by atoms with E-state index in [2.05, 4.69) is 10.6 Å². The van der Waals surface area contributed by atoms with Gasteiger partial charge in [-0.1, -0.05) is 35.9 Å². The SMILES string of the molecule is COc1ccc(CCNC(=O)CC(=O)Nc2ccccc2Cl)cc1. The summed E-state index contributed by atoms with van der Waals surface area (Å²) in [5.74, 6) is 0.0668. The van der Waals surface area contributed by atoms with Crippen molar-refractivity contribution < 1.29 is 14.3 Å². The van der Waals surface area contributed by atoms with E-state index in [-0.39, 0.29) is 12.3 Å². The molecule has 0 radical (unpaired) electrons. The molecule has 0 aliphatic rings. The van der Waals surface area contributed by atoms with Gasteiger partial charge in [-0.2, -0.15) is 0 Å². The van der Waals surface area contributed by atoms with Crippen LogP contribution in [0.5, 0.6) is 5.75 Å². The van der Waals surface area contributed by atoms with Crippen LogP contribution >= 0.6 is 11.6 Å². The summed E-state index contributed by atoms with van der Waals surface area (Å²) in [5.41, 5.74) is 1.58. The number of carbonyl (C=O) groups is 2. The number of rotatable bonds is 7. The van der Waals surface area contributed by atoms with Crippen LogP contribution in [0, 0.1) is 0 Å². The maximum absolute atomic E-state index is 11.8. The molecule has 0 heterocycles. The number of hydrogen-bond acceptors (Lipinski definition) is 3.